The van der Waals surface area contributed by atoms with E-state index >= 15 is 0 Å². The van der Waals surface area contributed by atoms with Gasteiger partial charge in [0.15, 0.2) is 11.5 Å². The average Bonchev–Trinajstić information content (AvgIpc) is 3.13. The Morgan fingerprint density at radius 3 is 2.43 bits per heavy atom. The summed E-state index contributed by atoms with van der Waals surface area (Å²) in [5, 5.41) is 6.95. The van der Waals surface area contributed by atoms with E-state index in [1.807, 2.05) is 0 Å². The molecule has 1 saturated carbocycles. The van der Waals surface area contributed by atoms with Gasteiger partial charge < -0.3 is 11.1 Å². The topological polar surface area (TPSA) is 154 Å². The summed E-state index contributed by atoms with van der Waals surface area (Å²) in [7, 11) is -4.58. The molecule has 1 amide bonds. The van der Waals surface area contributed by atoms with E-state index < -0.39 is 51.0 Å². The van der Waals surface area contributed by atoms with Crippen molar-refractivity contribution >= 4 is 27.8 Å². The van der Waals surface area contributed by atoms with Gasteiger partial charge in [-0.2, -0.15) is 26.7 Å². The number of aromatic nitrogens is 2. The number of nitrogens with two attached hydrogens (primary N) is 1. The molecular formula is C23H27F3N4O6S. The van der Waals surface area contributed by atoms with Gasteiger partial charge in [0.05, 0.1) is 28.6 Å². The summed E-state index contributed by atoms with van der Waals surface area (Å²) >= 11 is 0. The average molecular weight is 545 g/mol. The molecule has 37 heavy (non-hydrogen) atoms. The van der Waals surface area contributed by atoms with E-state index in [0.717, 1.165) is 4.68 Å². The second kappa shape index (κ2) is 9.40. The van der Waals surface area contributed by atoms with Crippen molar-refractivity contribution in [1.29, 1.82) is 0 Å². The first-order valence-electron chi connectivity index (χ1n) is 11.6. The quantitative estimate of drug-likeness (QED) is 0.466. The molecule has 2 aromatic rings. The monoisotopic (exact) mass is 544 g/mol. The number of ketones is 1. The number of hydrogen-bond acceptors (Lipinski definition) is 7. The largest absolute Gasteiger partial charge is 0.435 e. The Morgan fingerprint density at radius 2 is 1.86 bits per heavy atom. The maximum Gasteiger partial charge on any atom is 0.435 e. The van der Waals surface area contributed by atoms with E-state index in [-0.39, 0.29) is 41.5 Å². The maximum atomic E-state index is 13.8. The molecule has 1 aromatic carbocycles. The number of benzene rings is 1. The first-order valence-corrected chi connectivity index (χ1v) is 13.0. The number of primary amides is 1. The van der Waals surface area contributed by atoms with Crippen molar-refractivity contribution in [2.75, 3.05) is 5.32 Å². The standard InChI is InChI=1S/C23H27F3N4O6S/c1-22(2)10-17-19(18(31)11-22)20(23(24,25)26)29-30(17)13-5-8-15(21(27)32)16(9-13)28-12-3-6-14(7-4-12)36-37(33,34)35/h5,8-9,12,14,28H,3-4,6-7,10-11H2,1-2H3,(H2,27,32)(H,33,34,35). The number of Topliss-reactive ketones (excluding diaryl/α,β-unsaturated/α-hetero) is 1. The van der Waals surface area contributed by atoms with E-state index in [4.69, 9.17) is 10.3 Å². The highest BCUT2D eigenvalue weighted by Gasteiger charge is 2.45. The molecule has 4 rings (SSSR count). The van der Waals surface area contributed by atoms with Gasteiger partial charge in [0.1, 0.15) is 0 Å². The summed E-state index contributed by atoms with van der Waals surface area (Å²) in [6.45, 7) is 3.59. The number of alkyl halides is 3. The van der Waals surface area contributed by atoms with Crippen LogP contribution in [-0.4, -0.2) is 46.6 Å². The van der Waals surface area contributed by atoms with Crippen LogP contribution in [0.2, 0.25) is 0 Å². The van der Waals surface area contributed by atoms with Crippen LogP contribution in [0.15, 0.2) is 18.2 Å². The van der Waals surface area contributed by atoms with Gasteiger partial charge in [0, 0.05) is 18.2 Å². The predicted molar refractivity (Wildman–Crippen MR) is 126 cm³/mol. The van der Waals surface area contributed by atoms with Crippen LogP contribution in [0.25, 0.3) is 5.69 Å². The molecule has 0 unspecified atom stereocenters. The smallest absolute Gasteiger partial charge is 0.382 e. The van der Waals surface area contributed by atoms with Crippen LogP contribution in [0.1, 0.15) is 78.1 Å². The van der Waals surface area contributed by atoms with Crippen LogP contribution in [0.5, 0.6) is 0 Å². The Kier molecular flexibility index (Phi) is 6.88. The molecule has 0 spiro atoms. The van der Waals surface area contributed by atoms with Gasteiger partial charge in [-0.25, -0.2) is 8.86 Å². The lowest BCUT2D eigenvalue weighted by molar-refractivity contribution is -0.141. The van der Waals surface area contributed by atoms with Gasteiger partial charge in [-0.3, -0.25) is 14.1 Å². The molecule has 1 aromatic heterocycles. The van der Waals surface area contributed by atoms with Crippen LogP contribution in [0, 0.1) is 5.41 Å². The number of rotatable bonds is 6. The zero-order valence-corrected chi connectivity index (χ0v) is 20.9. The molecule has 0 atom stereocenters. The fourth-order valence-electron chi connectivity index (χ4n) is 5.05. The molecule has 0 bridgehead atoms. The molecule has 2 aliphatic carbocycles. The van der Waals surface area contributed by atoms with Crippen LogP contribution in [0.3, 0.4) is 0 Å². The summed E-state index contributed by atoms with van der Waals surface area (Å²) in [6.07, 6.45) is -3.89. The second-order valence-corrected chi connectivity index (χ2v) is 11.3. The zero-order chi connectivity index (χ0) is 27.3. The molecule has 1 fully saturated rings. The highest BCUT2D eigenvalue weighted by Crippen LogP contribution is 2.42. The number of halogens is 3. The van der Waals surface area contributed by atoms with Gasteiger partial charge in [-0.05, 0) is 55.7 Å². The van der Waals surface area contributed by atoms with Crippen molar-refractivity contribution in [2.24, 2.45) is 11.1 Å². The van der Waals surface area contributed by atoms with E-state index in [1.165, 1.54) is 18.2 Å². The maximum absolute atomic E-state index is 13.8. The number of carbonyl (C=O) groups is 2. The molecule has 4 N–H and O–H groups in total. The molecule has 1 heterocycles. The molecular weight excluding hydrogens is 517 g/mol. The minimum atomic E-state index is -4.83. The van der Waals surface area contributed by atoms with Crippen molar-refractivity contribution in [2.45, 2.75) is 70.7 Å². The fourth-order valence-corrected chi connectivity index (χ4v) is 5.59. The van der Waals surface area contributed by atoms with Crippen LogP contribution in [-0.2, 0) is 27.2 Å². The third-order valence-corrected chi connectivity index (χ3v) is 7.13. The highest BCUT2D eigenvalue weighted by molar-refractivity contribution is 7.80. The van der Waals surface area contributed by atoms with Crippen LogP contribution < -0.4 is 11.1 Å². The van der Waals surface area contributed by atoms with Gasteiger partial charge in [-0.1, -0.05) is 13.8 Å². The lowest BCUT2D eigenvalue weighted by Gasteiger charge is -2.30. The summed E-state index contributed by atoms with van der Waals surface area (Å²) in [5.41, 5.74) is 4.01. The van der Waals surface area contributed by atoms with Crippen LogP contribution in [0.4, 0.5) is 18.9 Å². The minimum absolute atomic E-state index is 0.0356. The SMILES string of the molecule is CC1(C)CC(=O)c2c(C(F)(F)F)nn(-c3ccc(C(N)=O)c(NC4CCC(OS(=O)(=O)O)CC4)c3)c2C1. The summed E-state index contributed by atoms with van der Waals surface area (Å²) < 4.78 is 77.9. The fraction of sp³-hybridized carbons (Fsp3) is 0.522. The lowest BCUT2D eigenvalue weighted by atomic mass is 9.75. The van der Waals surface area contributed by atoms with E-state index in [9.17, 15) is 31.2 Å². The Hall–Kier alpha value is -2.97. The van der Waals surface area contributed by atoms with Crippen LogP contribution >= 0.6 is 0 Å². The number of hydrogen-bond donors (Lipinski definition) is 3. The van der Waals surface area contributed by atoms with Crippen molar-refractivity contribution < 1.29 is 39.9 Å². The molecule has 2 aliphatic rings. The summed E-state index contributed by atoms with van der Waals surface area (Å²) in [5.74, 6) is -1.38. The second-order valence-electron chi connectivity index (χ2n) is 10.3. The first-order chi connectivity index (χ1) is 17.0. The number of amides is 1. The molecule has 0 aliphatic heterocycles. The predicted octanol–water partition coefficient (Wildman–Crippen LogP) is 3.69. The Labute approximate surface area is 211 Å². The molecule has 0 radical (unpaired) electrons. The third-order valence-electron chi connectivity index (χ3n) is 6.62. The first kappa shape index (κ1) is 27.1. The summed E-state index contributed by atoms with van der Waals surface area (Å²) in [4.78, 5) is 24.8. The Morgan fingerprint density at radius 1 is 1.22 bits per heavy atom. The highest BCUT2D eigenvalue weighted by atomic mass is 32.3. The van der Waals surface area contributed by atoms with E-state index in [0.29, 0.717) is 25.7 Å². The number of nitrogens with one attached hydrogen (secondary N) is 1. The summed E-state index contributed by atoms with van der Waals surface area (Å²) in [6, 6.07) is 4.03. The molecule has 202 valence electrons. The number of nitrogens with zero attached hydrogens (tertiary/aromatic N) is 2. The van der Waals surface area contributed by atoms with Gasteiger partial charge >= 0.3 is 16.6 Å². The Balaban J connectivity index is 1.69. The van der Waals surface area contributed by atoms with Crippen molar-refractivity contribution in [3.8, 4) is 5.69 Å². The number of carbonyl (C=O) groups excluding carboxylic acids is 2. The third kappa shape index (κ3) is 5.96. The van der Waals surface area contributed by atoms with Crippen molar-refractivity contribution in [3.63, 3.8) is 0 Å². The van der Waals surface area contributed by atoms with Crippen molar-refractivity contribution in [3.05, 3.63) is 40.7 Å². The number of anilines is 1. The van der Waals surface area contributed by atoms with E-state index in [2.05, 4.69) is 14.6 Å². The van der Waals surface area contributed by atoms with Crippen molar-refractivity contribution in [1.82, 2.24) is 9.78 Å². The lowest BCUT2D eigenvalue weighted by Crippen LogP contribution is -2.31. The van der Waals surface area contributed by atoms with Gasteiger partial charge in [0.2, 0.25) is 0 Å². The Bertz CT molecular complexity index is 1340. The molecule has 10 nitrogen and oxygen atoms in total. The van der Waals surface area contributed by atoms with Gasteiger partial charge in [-0.15, -0.1) is 0 Å². The van der Waals surface area contributed by atoms with E-state index in [1.54, 1.807) is 13.8 Å². The van der Waals surface area contributed by atoms with Gasteiger partial charge in [0.25, 0.3) is 5.91 Å². The molecule has 0 saturated heterocycles. The normalized spacial score (nSPS) is 21.9. The zero-order valence-electron chi connectivity index (χ0n) is 20.1. The minimum Gasteiger partial charge on any atom is -0.382 e. The number of fused-ring (bicyclic) bond motifs is 1. The molecule has 14 heteroatoms.